The highest BCUT2D eigenvalue weighted by atomic mass is 16.4. The van der Waals surface area contributed by atoms with Gasteiger partial charge in [0, 0.05) is 17.5 Å². The first-order valence-electron chi connectivity index (χ1n) is 6.24. The van der Waals surface area contributed by atoms with Crippen molar-refractivity contribution in [2.45, 2.75) is 6.54 Å². The quantitative estimate of drug-likeness (QED) is 0.413. The molecular formula is C16H12NO3+. The van der Waals surface area contributed by atoms with Gasteiger partial charge >= 0.3 is 5.63 Å². The number of carbonyl (C=O) groups is 1. The van der Waals surface area contributed by atoms with E-state index in [9.17, 15) is 9.59 Å². The summed E-state index contributed by atoms with van der Waals surface area (Å²) in [4.78, 5) is 24.1. The number of hydrogen-bond acceptors (Lipinski definition) is 3. The minimum Gasteiger partial charge on any atom is -0.422 e. The van der Waals surface area contributed by atoms with Crippen LogP contribution >= 0.6 is 0 Å². The number of Topliss-reactive ketones (excluding diaryl/α,β-unsaturated/α-hetero) is 1. The second-order valence-corrected chi connectivity index (χ2v) is 4.46. The topological polar surface area (TPSA) is 51.2 Å². The zero-order valence-corrected chi connectivity index (χ0v) is 10.7. The third kappa shape index (κ3) is 2.36. The van der Waals surface area contributed by atoms with E-state index in [4.69, 9.17) is 4.42 Å². The van der Waals surface area contributed by atoms with E-state index in [1.165, 1.54) is 0 Å². The number of rotatable bonds is 3. The number of pyridine rings is 1. The minimum absolute atomic E-state index is 0.0834. The Kier molecular flexibility index (Phi) is 3.13. The maximum atomic E-state index is 12.2. The molecule has 0 N–H and O–H groups in total. The molecule has 20 heavy (non-hydrogen) atoms. The Morgan fingerprint density at radius 2 is 1.80 bits per heavy atom. The van der Waals surface area contributed by atoms with Gasteiger partial charge in [0.15, 0.2) is 12.4 Å². The fourth-order valence-corrected chi connectivity index (χ4v) is 2.05. The van der Waals surface area contributed by atoms with Crippen molar-refractivity contribution in [3.05, 3.63) is 76.9 Å². The number of ketones is 1. The van der Waals surface area contributed by atoms with Crippen LogP contribution in [-0.2, 0) is 6.54 Å². The number of carbonyl (C=O) groups excluding carboxylic acids is 1. The number of fused-ring (bicyclic) bond motifs is 1. The van der Waals surface area contributed by atoms with Crippen molar-refractivity contribution >= 4 is 16.8 Å². The summed E-state index contributed by atoms with van der Waals surface area (Å²) >= 11 is 0. The predicted octanol–water partition coefficient (Wildman–Crippen LogP) is 1.96. The second kappa shape index (κ2) is 5.09. The van der Waals surface area contributed by atoms with Crippen LogP contribution in [0.3, 0.4) is 0 Å². The molecule has 0 aliphatic heterocycles. The molecule has 0 aliphatic carbocycles. The molecule has 98 valence electrons. The summed E-state index contributed by atoms with van der Waals surface area (Å²) in [5.41, 5.74) is -0.0216. The maximum Gasteiger partial charge on any atom is 0.347 e. The van der Waals surface area contributed by atoms with Gasteiger partial charge in [-0.1, -0.05) is 24.3 Å². The molecular weight excluding hydrogens is 254 g/mol. The van der Waals surface area contributed by atoms with Gasteiger partial charge in [0.2, 0.25) is 12.3 Å². The van der Waals surface area contributed by atoms with Gasteiger partial charge in [-0.15, -0.1) is 0 Å². The van der Waals surface area contributed by atoms with Gasteiger partial charge in [-0.25, -0.2) is 4.79 Å². The second-order valence-electron chi connectivity index (χ2n) is 4.46. The van der Waals surface area contributed by atoms with E-state index in [-0.39, 0.29) is 17.9 Å². The summed E-state index contributed by atoms with van der Waals surface area (Å²) in [5.74, 6) is -0.263. The lowest BCUT2D eigenvalue weighted by molar-refractivity contribution is -0.683. The molecule has 0 unspecified atom stereocenters. The van der Waals surface area contributed by atoms with Crippen molar-refractivity contribution in [1.82, 2.24) is 0 Å². The van der Waals surface area contributed by atoms with Crippen LogP contribution in [0, 0.1) is 0 Å². The Balaban J connectivity index is 1.99. The highest BCUT2D eigenvalue weighted by Gasteiger charge is 2.17. The predicted molar refractivity (Wildman–Crippen MR) is 73.5 cm³/mol. The van der Waals surface area contributed by atoms with Crippen molar-refractivity contribution < 1.29 is 13.8 Å². The Bertz CT molecular complexity index is 822. The van der Waals surface area contributed by atoms with Gasteiger partial charge in [-0.05, 0) is 12.1 Å². The first kappa shape index (κ1) is 12.3. The van der Waals surface area contributed by atoms with E-state index in [1.54, 1.807) is 35.2 Å². The van der Waals surface area contributed by atoms with E-state index in [0.717, 1.165) is 5.39 Å². The van der Waals surface area contributed by atoms with Gasteiger partial charge < -0.3 is 4.42 Å². The number of aromatic nitrogens is 1. The molecule has 4 heteroatoms. The summed E-state index contributed by atoms with van der Waals surface area (Å²) in [6.45, 7) is 0.115. The van der Waals surface area contributed by atoms with Crippen LogP contribution in [-0.4, -0.2) is 5.78 Å². The van der Waals surface area contributed by atoms with Crippen LogP contribution in [0.5, 0.6) is 0 Å². The molecule has 0 aliphatic rings. The smallest absolute Gasteiger partial charge is 0.347 e. The van der Waals surface area contributed by atoms with Crippen LogP contribution in [0.4, 0.5) is 0 Å². The molecule has 4 nitrogen and oxygen atoms in total. The molecule has 3 aromatic rings. The van der Waals surface area contributed by atoms with Crippen molar-refractivity contribution in [3.63, 3.8) is 0 Å². The third-order valence-corrected chi connectivity index (χ3v) is 3.05. The summed E-state index contributed by atoms with van der Waals surface area (Å²) in [6.07, 6.45) is 3.56. The zero-order valence-electron chi connectivity index (χ0n) is 10.7. The molecule has 3 rings (SSSR count). The summed E-state index contributed by atoms with van der Waals surface area (Å²) in [6, 6.07) is 14.3. The van der Waals surface area contributed by atoms with Gasteiger partial charge in [-0.2, -0.15) is 4.57 Å². The van der Waals surface area contributed by atoms with E-state index in [0.29, 0.717) is 5.58 Å². The van der Waals surface area contributed by atoms with Crippen LogP contribution in [0.2, 0.25) is 0 Å². The Morgan fingerprint density at radius 1 is 1.05 bits per heavy atom. The molecule has 0 fully saturated rings. The Labute approximate surface area is 114 Å². The molecule has 0 spiro atoms. The van der Waals surface area contributed by atoms with Crippen LogP contribution in [0.1, 0.15) is 10.4 Å². The fourth-order valence-electron chi connectivity index (χ4n) is 2.05. The maximum absolute atomic E-state index is 12.2. The van der Waals surface area contributed by atoms with Gasteiger partial charge in [-0.3, -0.25) is 4.79 Å². The van der Waals surface area contributed by atoms with Gasteiger partial charge in [0.05, 0.1) is 0 Å². The zero-order chi connectivity index (χ0) is 13.9. The number of benzene rings is 1. The Morgan fingerprint density at radius 3 is 2.60 bits per heavy atom. The lowest BCUT2D eigenvalue weighted by Crippen LogP contribution is -2.38. The van der Waals surface area contributed by atoms with Crippen molar-refractivity contribution in [1.29, 1.82) is 0 Å². The largest absolute Gasteiger partial charge is 0.422 e. The van der Waals surface area contributed by atoms with E-state index < -0.39 is 5.63 Å². The minimum atomic E-state index is -0.592. The molecule has 2 heterocycles. The molecule has 0 bridgehead atoms. The lowest BCUT2D eigenvalue weighted by atomic mass is 10.1. The van der Waals surface area contributed by atoms with Crippen molar-refractivity contribution in [2.24, 2.45) is 0 Å². The van der Waals surface area contributed by atoms with Crippen molar-refractivity contribution in [2.75, 3.05) is 0 Å². The third-order valence-electron chi connectivity index (χ3n) is 3.05. The van der Waals surface area contributed by atoms with Crippen LogP contribution in [0.15, 0.2) is 70.1 Å². The monoisotopic (exact) mass is 266 g/mol. The normalized spacial score (nSPS) is 10.6. The van der Waals surface area contributed by atoms with E-state index in [1.807, 2.05) is 30.3 Å². The first-order valence-corrected chi connectivity index (χ1v) is 6.24. The molecule has 0 atom stereocenters. The van der Waals surface area contributed by atoms with Gasteiger partial charge in [0.25, 0.3) is 0 Å². The number of hydrogen-bond donors (Lipinski definition) is 0. The summed E-state index contributed by atoms with van der Waals surface area (Å²) in [7, 11) is 0. The average molecular weight is 266 g/mol. The molecule has 1 aromatic carbocycles. The molecule has 0 radical (unpaired) electrons. The molecule has 0 amide bonds. The number of nitrogens with zero attached hydrogens (tertiary/aromatic N) is 1. The standard InChI is InChI=1S/C16H12NO3/c18-14(11-17-8-4-1-5-9-17)13-10-12-6-2-3-7-15(12)20-16(13)19/h1-10H,11H2/q+1. The number of para-hydroxylation sites is 1. The average Bonchev–Trinajstić information content (AvgIpc) is 2.47. The fraction of sp³-hybridized carbons (Fsp3) is 0.0625. The van der Waals surface area contributed by atoms with E-state index in [2.05, 4.69) is 0 Å². The molecule has 2 aromatic heterocycles. The highest BCUT2D eigenvalue weighted by molar-refractivity contribution is 5.97. The molecule has 0 saturated carbocycles. The highest BCUT2D eigenvalue weighted by Crippen LogP contribution is 2.12. The Hall–Kier alpha value is -2.75. The summed E-state index contributed by atoms with van der Waals surface area (Å²) in [5, 5.41) is 0.744. The first-order chi connectivity index (χ1) is 9.74. The lowest BCUT2D eigenvalue weighted by Gasteiger charge is -2.00. The summed E-state index contributed by atoms with van der Waals surface area (Å²) < 4.78 is 6.89. The van der Waals surface area contributed by atoms with E-state index >= 15 is 0 Å². The van der Waals surface area contributed by atoms with Crippen molar-refractivity contribution in [3.8, 4) is 0 Å². The van der Waals surface area contributed by atoms with Crippen LogP contribution in [0.25, 0.3) is 11.0 Å². The van der Waals surface area contributed by atoms with Gasteiger partial charge in [0.1, 0.15) is 11.1 Å². The SMILES string of the molecule is O=C(C[n+]1ccccc1)c1cc2ccccc2oc1=O. The van der Waals surface area contributed by atoms with Crippen LogP contribution < -0.4 is 10.2 Å². The molecule has 0 saturated heterocycles.